The lowest BCUT2D eigenvalue weighted by Crippen LogP contribution is -2.24. The van der Waals surface area contributed by atoms with Crippen molar-refractivity contribution in [2.75, 3.05) is 13.2 Å². The van der Waals surface area contributed by atoms with Gasteiger partial charge in [0, 0.05) is 19.4 Å². The minimum absolute atomic E-state index is 0.0374. The third-order valence-corrected chi connectivity index (χ3v) is 2.22. The van der Waals surface area contributed by atoms with Gasteiger partial charge in [-0.3, -0.25) is 4.79 Å². The van der Waals surface area contributed by atoms with Gasteiger partial charge in [0.1, 0.15) is 6.29 Å². The number of carbonyl (C=O) groups is 2. The van der Waals surface area contributed by atoms with Crippen molar-refractivity contribution in [1.82, 2.24) is 5.32 Å². The van der Waals surface area contributed by atoms with Crippen LogP contribution in [0.3, 0.4) is 0 Å². The third-order valence-electron chi connectivity index (χ3n) is 2.22. The van der Waals surface area contributed by atoms with E-state index in [9.17, 15) is 9.59 Å². The molecule has 5 nitrogen and oxygen atoms in total. The van der Waals surface area contributed by atoms with Crippen LogP contribution in [0, 0.1) is 0 Å². The molecule has 1 atom stereocenters. The van der Waals surface area contributed by atoms with Gasteiger partial charge in [-0.25, -0.2) is 0 Å². The second kappa shape index (κ2) is 23.2. The zero-order valence-electron chi connectivity index (χ0n) is 13.5. The quantitative estimate of drug-likeness (QED) is 0.425. The predicted molar refractivity (Wildman–Crippen MR) is 82.6 cm³/mol. The van der Waals surface area contributed by atoms with Crippen LogP contribution in [0.2, 0.25) is 0 Å². The molecule has 0 fully saturated rings. The highest BCUT2D eigenvalue weighted by Gasteiger charge is 2.02. The predicted octanol–water partition coefficient (Wildman–Crippen LogP) is 2.05. The Labute approximate surface area is 123 Å². The van der Waals surface area contributed by atoms with Crippen LogP contribution in [0.5, 0.6) is 0 Å². The molecule has 0 spiro atoms. The van der Waals surface area contributed by atoms with E-state index in [1.54, 1.807) is 0 Å². The number of nitrogens with one attached hydrogen (secondary N) is 1. The molecule has 0 saturated carbocycles. The normalized spacial score (nSPS) is 10.3. The summed E-state index contributed by atoms with van der Waals surface area (Å²) in [6.07, 6.45) is 3.68. The second-order valence-corrected chi connectivity index (χ2v) is 3.74. The Balaban J connectivity index is -0.000000656. The van der Waals surface area contributed by atoms with E-state index in [1.165, 1.54) is 0 Å². The van der Waals surface area contributed by atoms with Crippen LogP contribution in [0.1, 0.15) is 66.2 Å². The molecule has 20 heavy (non-hydrogen) atoms. The smallest absolute Gasteiger partial charge is 0.220 e. The summed E-state index contributed by atoms with van der Waals surface area (Å²) in [6, 6.07) is 0. The molecule has 0 aromatic rings. The van der Waals surface area contributed by atoms with Gasteiger partial charge in [0.25, 0.3) is 0 Å². The van der Waals surface area contributed by atoms with Crippen LogP contribution in [-0.4, -0.2) is 41.7 Å². The number of rotatable bonds is 10. The zero-order valence-corrected chi connectivity index (χ0v) is 13.5. The molecular formula is C15H33NO4. The van der Waals surface area contributed by atoms with Gasteiger partial charge in [-0.05, 0) is 25.7 Å². The maximum atomic E-state index is 11.2. The lowest BCUT2D eigenvalue weighted by Gasteiger charge is -2.07. The van der Waals surface area contributed by atoms with Crippen molar-refractivity contribution < 1.29 is 19.8 Å². The number of carbonyl (C=O) groups excluding carboxylic acids is 2. The standard InChI is InChI=1S/C11H21NO4.2C2H6/c13-8-4-2-6-11(16)12-7-3-1-5-10(15)9-14;2*1-2/h8,10,14-15H,1-7,9H2,(H,12,16);2*1-2H3. The van der Waals surface area contributed by atoms with Crippen LogP contribution >= 0.6 is 0 Å². The van der Waals surface area contributed by atoms with Gasteiger partial charge >= 0.3 is 0 Å². The van der Waals surface area contributed by atoms with Gasteiger partial charge in [0.05, 0.1) is 12.7 Å². The maximum Gasteiger partial charge on any atom is 0.220 e. The van der Waals surface area contributed by atoms with E-state index < -0.39 is 6.10 Å². The van der Waals surface area contributed by atoms with E-state index in [0.29, 0.717) is 32.2 Å². The molecule has 0 radical (unpaired) electrons. The number of aliphatic hydroxyl groups excluding tert-OH is 2. The first-order valence-corrected chi connectivity index (χ1v) is 7.70. The molecule has 0 aliphatic rings. The first kappa shape index (κ1) is 24.1. The first-order valence-electron chi connectivity index (χ1n) is 7.70. The summed E-state index contributed by atoms with van der Waals surface area (Å²) in [5.74, 6) is -0.0374. The van der Waals surface area contributed by atoms with Crippen LogP contribution in [0.4, 0.5) is 0 Å². The highest BCUT2D eigenvalue weighted by Crippen LogP contribution is 1.99. The average molecular weight is 291 g/mol. The summed E-state index contributed by atoms with van der Waals surface area (Å²) >= 11 is 0. The molecule has 122 valence electrons. The van der Waals surface area contributed by atoms with E-state index in [4.69, 9.17) is 10.2 Å². The molecule has 1 amide bonds. The summed E-state index contributed by atoms with van der Waals surface area (Å²) in [5.41, 5.74) is 0. The van der Waals surface area contributed by atoms with Gasteiger partial charge in [0.2, 0.25) is 5.91 Å². The molecule has 0 bridgehead atoms. The molecule has 5 heteroatoms. The second-order valence-electron chi connectivity index (χ2n) is 3.74. The van der Waals surface area contributed by atoms with Crippen LogP contribution in [0.15, 0.2) is 0 Å². The van der Waals surface area contributed by atoms with Crippen molar-refractivity contribution in [3.05, 3.63) is 0 Å². The van der Waals surface area contributed by atoms with E-state index in [-0.39, 0.29) is 12.5 Å². The number of hydrogen-bond donors (Lipinski definition) is 3. The summed E-state index contributed by atoms with van der Waals surface area (Å²) in [4.78, 5) is 21.2. The van der Waals surface area contributed by atoms with Gasteiger partial charge in [-0.2, -0.15) is 0 Å². The third kappa shape index (κ3) is 22.3. The van der Waals surface area contributed by atoms with E-state index >= 15 is 0 Å². The highest BCUT2D eigenvalue weighted by atomic mass is 16.3. The molecule has 1 unspecified atom stereocenters. The minimum atomic E-state index is -0.650. The van der Waals surface area contributed by atoms with Gasteiger partial charge in [-0.1, -0.05) is 27.7 Å². The van der Waals surface area contributed by atoms with E-state index in [0.717, 1.165) is 19.1 Å². The Hall–Kier alpha value is -0.940. The largest absolute Gasteiger partial charge is 0.394 e. The average Bonchev–Trinajstić information content (AvgIpc) is 2.51. The topological polar surface area (TPSA) is 86.6 Å². The fourth-order valence-electron chi connectivity index (χ4n) is 1.26. The molecule has 0 aliphatic heterocycles. The summed E-state index contributed by atoms with van der Waals surface area (Å²) in [6.45, 7) is 8.37. The molecule has 3 N–H and O–H groups in total. The number of aldehydes is 1. The molecule has 0 saturated heterocycles. The number of aliphatic hydroxyl groups is 2. The number of amides is 1. The minimum Gasteiger partial charge on any atom is -0.394 e. The van der Waals surface area contributed by atoms with Crippen molar-refractivity contribution >= 4 is 12.2 Å². The number of unbranched alkanes of at least 4 members (excludes halogenated alkanes) is 2. The van der Waals surface area contributed by atoms with Crippen molar-refractivity contribution in [2.24, 2.45) is 0 Å². The Morgan fingerprint density at radius 1 is 1.15 bits per heavy atom. The molecule has 0 aliphatic carbocycles. The summed E-state index contributed by atoms with van der Waals surface area (Å²) in [5, 5.41) is 20.3. The Kier molecular flexibility index (Phi) is 27.9. The fourth-order valence-corrected chi connectivity index (χ4v) is 1.26. The van der Waals surface area contributed by atoms with Gasteiger partial charge in [0.15, 0.2) is 0 Å². The lowest BCUT2D eigenvalue weighted by atomic mass is 10.1. The lowest BCUT2D eigenvalue weighted by molar-refractivity contribution is -0.121. The first-order chi connectivity index (χ1) is 9.70. The monoisotopic (exact) mass is 291 g/mol. The van der Waals surface area contributed by atoms with Crippen molar-refractivity contribution in [1.29, 1.82) is 0 Å². The van der Waals surface area contributed by atoms with Crippen molar-refractivity contribution in [2.45, 2.75) is 72.3 Å². The van der Waals surface area contributed by atoms with Crippen LogP contribution < -0.4 is 5.32 Å². The Morgan fingerprint density at radius 2 is 1.75 bits per heavy atom. The molecular weight excluding hydrogens is 258 g/mol. The fraction of sp³-hybridized carbons (Fsp3) is 0.867. The van der Waals surface area contributed by atoms with E-state index in [2.05, 4.69) is 5.32 Å². The summed E-state index contributed by atoms with van der Waals surface area (Å²) < 4.78 is 0. The van der Waals surface area contributed by atoms with Gasteiger partial charge < -0.3 is 20.3 Å². The maximum absolute atomic E-state index is 11.2. The Morgan fingerprint density at radius 3 is 2.25 bits per heavy atom. The molecule has 0 rings (SSSR count). The van der Waals surface area contributed by atoms with Crippen molar-refractivity contribution in [3.63, 3.8) is 0 Å². The van der Waals surface area contributed by atoms with Gasteiger partial charge in [-0.15, -0.1) is 0 Å². The van der Waals surface area contributed by atoms with Crippen molar-refractivity contribution in [3.8, 4) is 0 Å². The molecule has 0 heterocycles. The number of hydrogen-bond acceptors (Lipinski definition) is 4. The summed E-state index contributed by atoms with van der Waals surface area (Å²) in [7, 11) is 0. The van der Waals surface area contributed by atoms with Crippen LogP contribution in [0.25, 0.3) is 0 Å². The molecule has 0 aromatic carbocycles. The van der Waals surface area contributed by atoms with E-state index in [1.807, 2.05) is 27.7 Å². The molecule has 0 aromatic heterocycles. The Bertz CT molecular complexity index is 198. The van der Waals surface area contributed by atoms with Crippen LogP contribution in [-0.2, 0) is 9.59 Å². The highest BCUT2D eigenvalue weighted by molar-refractivity contribution is 5.76. The zero-order chi connectivity index (χ0) is 16.2. The SMILES string of the molecule is CC.CC.O=CCCCC(=O)NCCCCC(O)CO.